The standard InChI is InChI=1S/C20H18Cl2N4O2S/c1-3-10-26-19(16-11-14(22)6-9-17(16)28-2)24-25-20(26)29-12-18(27)23-15-7-4-13(21)5-8-15/h3-9,11H,1,10,12H2,2H3,(H,23,27). The van der Waals surface area contributed by atoms with Crippen molar-refractivity contribution in [3.05, 3.63) is 65.2 Å². The number of nitrogens with zero attached hydrogens (tertiary/aromatic N) is 3. The van der Waals surface area contributed by atoms with Crippen molar-refractivity contribution in [3.8, 4) is 17.1 Å². The summed E-state index contributed by atoms with van der Waals surface area (Å²) >= 11 is 13.3. The van der Waals surface area contributed by atoms with Gasteiger partial charge in [0, 0.05) is 22.3 Å². The highest BCUT2D eigenvalue weighted by Crippen LogP contribution is 2.33. The number of anilines is 1. The molecule has 1 heterocycles. The molecule has 1 N–H and O–H groups in total. The fourth-order valence-corrected chi connectivity index (χ4v) is 3.65. The average molecular weight is 449 g/mol. The van der Waals surface area contributed by atoms with Crippen molar-refractivity contribution < 1.29 is 9.53 Å². The Morgan fingerprint density at radius 2 is 1.93 bits per heavy atom. The molecule has 1 amide bonds. The number of benzene rings is 2. The number of carbonyl (C=O) groups is 1. The van der Waals surface area contributed by atoms with Crippen LogP contribution in [0.3, 0.4) is 0 Å². The molecule has 0 fully saturated rings. The zero-order chi connectivity index (χ0) is 20.8. The number of hydrogen-bond donors (Lipinski definition) is 1. The predicted octanol–water partition coefficient (Wildman–Crippen LogP) is 5.18. The van der Waals surface area contributed by atoms with Gasteiger partial charge in [-0.2, -0.15) is 0 Å². The molecule has 0 aliphatic carbocycles. The molecule has 0 aliphatic rings. The van der Waals surface area contributed by atoms with Crippen LogP contribution in [0.5, 0.6) is 5.75 Å². The van der Waals surface area contributed by atoms with Crippen LogP contribution in [0.15, 0.2) is 60.3 Å². The molecule has 0 saturated carbocycles. The normalized spacial score (nSPS) is 10.6. The molecule has 0 aliphatic heterocycles. The number of ether oxygens (including phenoxy) is 1. The Bertz CT molecular complexity index is 1020. The van der Waals surface area contributed by atoms with E-state index in [-0.39, 0.29) is 11.7 Å². The lowest BCUT2D eigenvalue weighted by molar-refractivity contribution is -0.113. The summed E-state index contributed by atoms with van der Waals surface area (Å²) in [7, 11) is 1.58. The molecular weight excluding hydrogens is 431 g/mol. The van der Waals surface area contributed by atoms with Gasteiger partial charge in [0.15, 0.2) is 11.0 Å². The van der Waals surface area contributed by atoms with Crippen molar-refractivity contribution in [3.63, 3.8) is 0 Å². The fraction of sp³-hybridized carbons (Fsp3) is 0.150. The second-order valence-corrected chi connectivity index (χ2v) is 7.71. The van der Waals surface area contributed by atoms with Crippen LogP contribution in [0.2, 0.25) is 10.0 Å². The van der Waals surface area contributed by atoms with E-state index in [2.05, 4.69) is 22.1 Å². The van der Waals surface area contributed by atoms with Gasteiger partial charge in [-0.3, -0.25) is 9.36 Å². The van der Waals surface area contributed by atoms with E-state index in [0.29, 0.717) is 44.6 Å². The van der Waals surface area contributed by atoms with Crippen molar-refractivity contribution in [2.45, 2.75) is 11.7 Å². The number of carbonyl (C=O) groups excluding carboxylic acids is 1. The quantitative estimate of drug-likeness (QED) is 0.379. The van der Waals surface area contributed by atoms with E-state index in [1.165, 1.54) is 11.8 Å². The van der Waals surface area contributed by atoms with Gasteiger partial charge in [0.2, 0.25) is 5.91 Å². The summed E-state index contributed by atoms with van der Waals surface area (Å²) in [6.07, 6.45) is 1.74. The first-order valence-electron chi connectivity index (χ1n) is 8.58. The van der Waals surface area contributed by atoms with E-state index in [0.717, 1.165) is 0 Å². The third-order valence-corrected chi connectivity index (χ3v) is 5.35. The fourth-order valence-electron chi connectivity index (χ4n) is 2.60. The van der Waals surface area contributed by atoms with Gasteiger partial charge >= 0.3 is 0 Å². The number of halogens is 2. The van der Waals surface area contributed by atoms with E-state index in [1.807, 2.05) is 4.57 Å². The highest BCUT2D eigenvalue weighted by molar-refractivity contribution is 7.99. The number of nitrogens with one attached hydrogen (secondary N) is 1. The summed E-state index contributed by atoms with van der Waals surface area (Å²) in [4.78, 5) is 12.3. The highest BCUT2D eigenvalue weighted by Gasteiger charge is 2.18. The van der Waals surface area contributed by atoms with E-state index >= 15 is 0 Å². The van der Waals surface area contributed by atoms with E-state index in [1.54, 1.807) is 55.7 Å². The lowest BCUT2D eigenvalue weighted by Gasteiger charge is -2.11. The Labute approximate surface area is 182 Å². The molecule has 2 aromatic carbocycles. The number of thioether (sulfide) groups is 1. The average Bonchev–Trinajstić information content (AvgIpc) is 3.11. The number of rotatable bonds is 8. The molecule has 29 heavy (non-hydrogen) atoms. The summed E-state index contributed by atoms with van der Waals surface area (Å²) in [6.45, 7) is 4.27. The van der Waals surface area contributed by atoms with Gasteiger partial charge in [0.1, 0.15) is 5.75 Å². The molecule has 3 aromatic rings. The molecule has 3 rings (SSSR count). The first kappa shape index (κ1) is 21.2. The zero-order valence-electron chi connectivity index (χ0n) is 15.6. The van der Waals surface area contributed by atoms with Gasteiger partial charge in [-0.05, 0) is 42.5 Å². The second-order valence-electron chi connectivity index (χ2n) is 5.89. The molecular formula is C20H18Cl2N4O2S. The molecule has 1 aromatic heterocycles. The summed E-state index contributed by atoms with van der Waals surface area (Å²) < 4.78 is 7.29. The SMILES string of the molecule is C=CCn1c(SCC(=O)Nc2ccc(Cl)cc2)nnc1-c1cc(Cl)ccc1OC. The molecule has 0 bridgehead atoms. The molecule has 0 atom stereocenters. The lowest BCUT2D eigenvalue weighted by Crippen LogP contribution is -2.14. The van der Waals surface area contributed by atoms with Crippen LogP contribution in [-0.2, 0) is 11.3 Å². The first-order chi connectivity index (χ1) is 14.0. The number of amides is 1. The Morgan fingerprint density at radius 3 is 2.62 bits per heavy atom. The van der Waals surface area contributed by atoms with Gasteiger partial charge in [0.25, 0.3) is 0 Å². The van der Waals surface area contributed by atoms with E-state index in [4.69, 9.17) is 27.9 Å². The molecule has 9 heteroatoms. The Hall–Kier alpha value is -2.48. The monoisotopic (exact) mass is 448 g/mol. The summed E-state index contributed by atoms with van der Waals surface area (Å²) in [5, 5.41) is 13.1. The maximum Gasteiger partial charge on any atom is 0.234 e. The van der Waals surface area contributed by atoms with Crippen LogP contribution >= 0.6 is 35.0 Å². The van der Waals surface area contributed by atoms with Crippen molar-refractivity contribution >= 4 is 46.6 Å². The predicted molar refractivity (Wildman–Crippen MR) is 118 cm³/mol. The Balaban J connectivity index is 1.78. The van der Waals surface area contributed by atoms with Crippen LogP contribution in [-0.4, -0.2) is 33.5 Å². The van der Waals surface area contributed by atoms with Crippen LogP contribution in [0.1, 0.15) is 0 Å². The molecule has 150 valence electrons. The second kappa shape index (κ2) is 9.82. The van der Waals surface area contributed by atoms with Crippen molar-refractivity contribution in [2.75, 3.05) is 18.2 Å². The van der Waals surface area contributed by atoms with Crippen LogP contribution in [0.25, 0.3) is 11.4 Å². The molecule has 0 radical (unpaired) electrons. The van der Waals surface area contributed by atoms with Crippen molar-refractivity contribution in [1.82, 2.24) is 14.8 Å². The summed E-state index contributed by atoms with van der Waals surface area (Å²) in [5.41, 5.74) is 1.39. The van der Waals surface area contributed by atoms with Gasteiger partial charge < -0.3 is 10.1 Å². The van der Waals surface area contributed by atoms with Gasteiger partial charge in [-0.15, -0.1) is 16.8 Å². The topological polar surface area (TPSA) is 69.0 Å². The molecule has 0 spiro atoms. The minimum absolute atomic E-state index is 0.160. The van der Waals surface area contributed by atoms with Crippen LogP contribution in [0, 0.1) is 0 Å². The smallest absolute Gasteiger partial charge is 0.234 e. The minimum Gasteiger partial charge on any atom is -0.496 e. The molecule has 0 saturated heterocycles. The third-order valence-electron chi connectivity index (χ3n) is 3.89. The zero-order valence-corrected chi connectivity index (χ0v) is 17.9. The number of allylic oxidation sites excluding steroid dienone is 1. The van der Waals surface area contributed by atoms with Gasteiger partial charge in [0.05, 0.1) is 18.4 Å². The largest absolute Gasteiger partial charge is 0.496 e. The number of methoxy groups -OCH3 is 1. The van der Waals surface area contributed by atoms with Crippen LogP contribution in [0.4, 0.5) is 5.69 Å². The molecule has 6 nitrogen and oxygen atoms in total. The number of hydrogen-bond acceptors (Lipinski definition) is 5. The van der Waals surface area contributed by atoms with E-state index < -0.39 is 0 Å². The summed E-state index contributed by atoms with van der Waals surface area (Å²) in [5.74, 6) is 1.23. The summed E-state index contributed by atoms with van der Waals surface area (Å²) in [6, 6.07) is 12.2. The maximum atomic E-state index is 12.3. The highest BCUT2D eigenvalue weighted by atomic mass is 35.5. The Morgan fingerprint density at radius 1 is 1.21 bits per heavy atom. The first-order valence-corrected chi connectivity index (χ1v) is 10.3. The van der Waals surface area contributed by atoms with Gasteiger partial charge in [-0.25, -0.2) is 0 Å². The van der Waals surface area contributed by atoms with E-state index in [9.17, 15) is 4.79 Å². The number of aromatic nitrogens is 3. The molecule has 0 unspecified atom stereocenters. The lowest BCUT2D eigenvalue weighted by atomic mass is 10.2. The van der Waals surface area contributed by atoms with Crippen molar-refractivity contribution in [1.29, 1.82) is 0 Å². The minimum atomic E-state index is -0.160. The third kappa shape index (κ3) is 5.32. The van der Waals surface area contributed by atoms with Gasteiger partial charge in [-0.1, -0.05) is 41.0 Å². The van der Waals surface area contributed by atoms with Crippen LogP contribution < -0.4 is 10.1 Å². The maximum absolute atomic E-state index is 12.3. The van der Waals surface area contributed by atoms with Crippen molar-refractivity contribution in [2.24, 2.45) is 0 Å². The Kier molecular flexibility index (Phi) is 7.19.